The van der Waals surface area contributed by atoms with Gasteiger partial charge < -0.3 is 20.7 Å². The molecule has 1 aliphatic rings. The molecule has 188 valence electrons. The number of carbonyl (C=O) groups excluding carboxylic acids is 3. The molecule has 4 rings (SSSR count). The molecule has 0 saturated heterocycles. The Morgan fingerprint density at radius 3 is 2.33 bits per heavy atom. The second kappa shape index (κ2) is 12.5. The summed E-state index contributed by atoms with van der Waals surface area (Å²) in [5.41, 5.74) is 2.17. The third-order valence-corrected chi connectivity index (χ3v) is 6.03. The molecule has 9 heteroatoms. The van der Waals surface area contributed by atoms with Crippen LogP contribution < -0.4 is 16.0 Å². The molecule has 1 saturated carbocycles. The smallest absolute Gasteiger partial charge is 0.408 e. The first-order chi connectivity index (χ1) is 17.5. The van der Waals surface area contributed by atoms with Gasteiger partial charge in [0.2, 0.25) is 11.8 Å². The highest BCUT2D eigenvalue weighted by Gasteiger charge is 2.23. The molecule has 0 bridgehead atoms. The maximum Gasteiger partial charge on any atom is 0.408 e. The predicted molar refractivity (Wildman–Crippen MR) is 135 cm³/mol. The van der Waals surface area contributed by atoms with Crippen LogP contribution in [0.15, 0.2) is 73.1 Å². The Labute approximate surface area is 210 Å². The minimum absolute atomic E-state index is 0.0733. The Morgan fingerprint density at radius 1 is 0.972 bits per heavy atom. The second-order valence-electron chi connectivity index (χ2n) is 8.91. The molecular weight excluding hydrogens is 458 g/mol. The second-order valence-corrected chi connectivity index (χ2v) is 8.91. The molecule has 1 heterocycles. The molecule has 1 atom stereocenters. The summed E-state index contributed by atoms with van der Waals surface area (Å²) in [6, 6.07) is 18.1. The van der Waals surface area contributed by atoms with Crippen molar-refractivity contribution in [2.75, 3.05) is 5.32 Å². The van der Waals surface area contributed by atoms with E-state index < -0.39 is 18.0 Å². The van der Waals surface area contributed by atoms with E-state index in [-0.39, 0.29) is 31.5 Å². The Hall–Kier alpha value is -4.14. The lowest BCUT2D eigenvalue weighted by molar-refractivity contribution is -0.122. The standard InChI is InChI=1S/C27H31N5O4/c33-25(29-22-13-7-8-14-22)18-32-17-23(16-28-32)30-26(34)24(15-20-9-3-1-4-10-20)31-27(35)36-19-21-11-5-2-6-12-21/h1-6,9-12,16-17,22,24H,7-8,13-15,18-19H2,(H,29,33)(H,30,34)(H,31,35). The van der Waals surface area contributed by atoms with E-state index >= 15 is 0 Å². The Kier molecular flexibility index (Phi) is 8.69. The lowest BCUT2D eigenvalue weighted by atomic mass is 10.1. The molecule has 36 heavy (non-hydrogen) atoms. The van der Waals surface area contributed by atoms with Crippen LogP contribution in [-0.2, 0) is 33.9 Å². The molecule has 3 N–H and O–H groups in total. The van der Waals surface area contributed by atoms with Gasteiger partial charge in [-0.1, -0.05) is 73.5 Å². The number of hydrogen-bond donors (Lipinski definition) is 3. The lowest BCUT2D eigenvalue weighted by Gasteiger charge is -2.18. The van der Waals surface area contributed by atoms with E-state index in [9.17, 15) is 14.4 Å². The van der Waals surface area contributed by atoms with Crippen LogP contribution in [0, 0.1) is 0 Å². The van der Waals surface area contributed by atoms with Gasteiger partial charge in [0, 0.05) is 18.7 Å². The van der Waals surface area contributed by atoms with Crippen LogP contribution >= 0.6 is 0 Å². The van der Waals surface area contributed by atoms with Gasteiger partial charge >= 0.3 is 6.09 Å². The van der Waals surface area contributed by atoms with Crippen LogP contribution in [0.3, 0.4) is 0 Å². The van der Waals surface area contributed by atoms with Crippen molar-refractivity contribution in [3.8, 4) is 0 Å². The van der Waals surface area contributed by atoms with Gasteiger partial charge in [-0.15, -0.1) is 0 Å². The zero-order valence-electron chi connectivity index (χ0n) is 20.1. The summed E-state index contributed by atoms with van der Waals surface area (Å²) in [6.45, 7) is 0.173. The van der Waals surface area contributed by atoms with Crippen molar-refractivity contribution in [3.63, 3.8) is 0 Å². The summed E-state index contributed by atoms with van der Waals surface area (Å²) in [5.74, 6) is -0.516. The molecule has 0 radical (unpaired) electrons. The molecule has 3 amide bonds. The molecule has 1 aliphatic carbocycles. The minimum Gasteiger partial charge on any atom is -0.445 e. The Morgan fingerprint density at radius 2 is 1.64 bits per heavy atom. The third-order valence-electron chi connectivity index (χ3n) is 6.03. The molecule has 1 aromatic heterocycles. The number of nitrogens with zero attached hydrogens (tertiary/aromatic N) is 2. The first-order valence-corrected chi connectivity index (χ1v) is 12.2. The summed E-state index contributed by atoms with van der Waals surface area (Å²) < 4.78 is 6.79. The molecule has 0 aliphatic heterocycles. The van der Waals surface area contributed by atoms with E-state index in [0.717, 1.165) is 36.8 Å². The molecular formula is C27H31N5O4. The summed E-state index contributed by atoms with van der Waals surface area (Å²) in [5, 5.41) is 12.7. The molecule has 1 fully saturated rings. The van der Waals surface area contributed by atoms with Gasteiger partial charge in [0.05, 0.1) is 11.9 Å². The SMILES string of the molecule is O=C(Cn1cc(NC(=O)C(Cc2ccccc2)NC(=O)OCc2ccccc2)cn1)NC1CCCC1. The van der Waals surface area contributed by atoms with Gasteiger partial charge in [0.1, 0.15) is 19.2 Å². The number of amides is 3. The van der Waals surface area contributed by atoms with Crippen molar-refractivity contribution < 1.29 is 19.1 Å². The first kappa shape index (κ1) is 25.0. The Balaban J connectivity index is 1.34. The van der Waals surface area contributed by atoms with Crippen LogP contribution in [-0.4, -0.2) is 39.8 Å². The van der Waals surface area contributed by atoms with Crippen molar-refractivity contribution in [1.82, 2.24) is 20.4 Å². The molecule has 9 nitrogen and oxygen atoms in total. The molecule has 2 aromatic carbocycles. The number of hydrogen-bond acceptors (Lipinski definition) is 5. The fourth-order valence-corrected chi connectivity index (χ4v) is 4.20. The molecule has 3 aromatic rings. The summed E-state index contributed by atoms with van der Waals surface area (Å²) in [6.07, 6.45) is 6.97. The van der Waals surface area contributed by atoms with Gasteiger partial charge in [-0.25, -0.2) is 4.79 Å². The summed E-state index contributed by atoms with van der Waals surface area (Å²) in [7, 11) is 0. The topological polar surface area (TPSA) is 114 Å². The molecule has 0 spiro atoms. The summed E-state index contributed by atoms with van der Waals surface area (Å²) >= 11 is 0. The largest absolute Gasteiger partial charge is 0.445 e. The molecule has 1 unspecified atom stereocenters. The van der Waals surface area contributed by atoms with Crippen LogP contribution in [0.1, 0.15) is 36.8 Å². The number of rotatable bonds is 10. The highest BCUT2D eigenvalue weighted by molar-refractivity contribution is 5.96. The highest BCUT2D eigenvalue weighted by Crippen LogP contribution is 2.17. The van der Waals surface area contributed by atoms with Gasteiger partial charge in [0.25, 0.3) is 0 Å². The average molecular weight is 490 g/mol. The van der Waals surface area contributed by atoms with Crippen LogP contribution in [0.5, 0.6) is 0 Å². The monoisotopic (exact) mass is 489 g/mol. The van der Waals surface area contributed by atoms with Crippen molar-refractivity contribution in [1.29, 1.82) is 0 Å². The van der Waals surface area contributed by atoms with E-state index in [0.29, 0.717) is 5.69 Å². The van der Waals surface area contributed by atoms with Gasteiger partial charge in [-0.05, 0) is 24.0 Å². The van der Waals surface area contributed by atoms with E-state index in [2.05, 4.69) is 21.0 Å². The lowest BCUT2D eigenvalue weighted by Crippen LogP contribution is -2.45. The third kappa shape index (κ3) is 7.69. The fraction of sp³-hybridized carbons (Fsp3) is 0.333. The van der Waals surface area contributed by atoms with Crippen molar-refractivity contribution in [2.45, 2.75) is 57.3 Å². The Bertz CT molecular complexity index is 1140. The van der Waals surface area contributed by atoms with E-state index in [1.807, 2.05) is 60.7 Å². The number of carbonyl (C=O) groups is 3. The number of anilines is 1. The zero-order chi connectivity index (χ0) is 25.2. The van der Waals surface area contributed by atoms with Crippen molar-refractivity contribution >= 4 is 23.6 Å². The summed E-state index contributed by atoms with van der Waals surface area (Å²) in [4.78, 5) is 37.8. The fourth-order valence-electron chi connectivity index (χ4n) is 4.20. The van der Waals surface area contributed by atoms with E-state index in [4.69, 9.17) is 4.74 Å². The van der Waals surface area contributed by atoms with Gasteiger partial charge in [-0.3, -0.25) is 14.3 Å². The average Bonchev–Trinajstić information content (AvgIpc) is 3.55. The van der Waals surface area contributed by atoms with E-state index in [1.54, 1.807) is 6.20 Å². The number of nitrogens with one attached hydrogen (secondary N) is 3. The van der Waals surface area contributed by atoms with Crippen LogP contribution in [0.2, 0.25) is 0 Å². The first-order valence-electron chi connectivity index (χ1n) is 12.2. The quantitative estimate of drug-likeness (QED) is 0.404. The van der Waals surface area contributed by atoms with Gasteiger partial charge in [0.15, 0.2) is 0 Å². The maximum atomic E-state index is 13.1. The van der Waals surface area contributed by atoms with Gasteiger partial charge in [-0.2, -0.15) is 5.10 Å². The highest BCUT2D eigenvalue weighted by atomic mass is 16.5. The number of benzene rings is 2. The number of alkyl carbamates (subject to hydrolysis) is 1. The van der Waals surface area contributed by atoms with Crippen molar-refractivity contribution in [3.05, 3.63) is 84.2 Å². The minimum atomic E-state index is -0.871. The van der Waals surface area contributed by atoms with Crippen LogP contribution in [0.4, 0.5) is 10.5 Å². The normalized spacial score (nSPS) is 14.1. The zero-order valence-corrected chi connectivity index (χ0v) is 20.1. The maximum absolute atomic E-state index is 13.1. The van der Waals surface area contributed by atoms with Crippen molar-refractivity contribution in [2.24, 2.45) is 0 Å². The predicted octanol–water partition coefficient (Wildman–Crippen LogP) is 3.42. The van der Waals surface area contributed by atoms with E-state index in [1.165, 1.54) is 10.9 Å². The number of ether oxygens (including phenoxy) is 1. The van der Waals surface area contributed by atoms with Crippen LogP contribution in [0.25, 0.3) is 0 Å². The number of aromatic nitrogens is 2.